The average molecular weight is 651 g/mol. The minimum atomic E-state index is -0.146. The van der Waals surface area contributed by atoms with Crippen LogP contribution in [0, 0.1) is 5.41 Å². The van der Waals surface area contributed by atoms with Crippen molar-refractivity contribution in [1.29, 1.82) is 5.41 Å². The molecule has 0 spiro atoms. The quantitative estimate of drug-likeness (QED) is 0.138. The maximum Gasteiger partial charge on any atom is 0.222 e. The van der Waals surface area contributed by atoms with Crippen LogP contribution in [0.1, 0.15) is 43.7 Å². The molecule has 4 aromatic heterocycles. The molecule has 0 unspecified atom stereocenters. The molecule has 0 radical (unpaired) electrons. The Morgan fingerprint density at radius 3 is 2.83 bits per heavy atom. The molecule has 0 fully saturated rings. The monoisotopic (exact) mass is 650 g/mol. The summed E-state index contributed by atoms with van der Waals surface area (Å²) in [6.07, 6.45) is 15.4. The van der Waals surface area contributed by atoms with E-state index in [0.29, 0.717) is 45.8 Å². The predicted molar refractivity (Wildman–Crippen MR) is 163 cm³/mol. The van der Waals surface area contributed by atoms with Crippen LogP contribution in [0.25, 0.3) is 17.0 Å². The number of hydrogen-bond acceptors (Lipinski definition) is 9. The molecule has 0 saturated carbocycles. The summed E-state index contributed by atoms with van der Waals surface area (Å²) in [6, 6.07) is 7.76. The summed E-state index contributed by atoms with van der Waals surface area (Å²) in [6.45, 7) is 2.45. The fraction of sp³-hybridized carbons (Fsp3) is 0.310. The summed E-state index contributed by atoms with van der Waals surface area (Å²) >= 11 is 2.06. The Kier molecular flexibility index (Phi) is 8.99. The Hall–Kier alpha value is -3.87. The van der Waals surface area contributed by atoms with Gasteiger partial charge in [0.05, 0.1) is 22.6 Å². The highest BCUT2D eigenvalue weighted by Gasteiger charge is 2.20. The number of anilines is 2. The van der Waals surface area contributed by atoms with Gasteiger partial charge in [0.2, 0.25) is 5.88 Å². The molecule has 40 heavy (non-hydrogen) atoms. The lowest BCUT2D eigenvalue weighted by atomic mass is 10.0. The third-order valence-corrected chi connectivity index (χ3v) is 7.12. The van der Waals surface area contributed by atoms with Gasteiger partial charge in [0.1, 0.15) is 22.9 Å². The number of rotatable bonds is 7. The molecule has 0 amide bonds. The smallest absolute Gasteiger partial charge is 0.222 e. The minimum Gasteiger partial charge on any atom is -0.490 e. The van der Waals surface area contributed by atoms with Gasteiger partial charge in [-0.2, -0.15) is 5.10 Å². The number of halogens is 1. The lowest BCUT2D eigenvalue weighted by molar-refractivity contribution is 0.172. The normalized spacial score (nSPS) is 15.2. The first-order valence-electron chi connectivity index (χ1n) is 13.2. The lowest BCUT2D eigenvalue weighted by Gasteiger charge is -2.20. The number of hydrogen-bond donors (Lipinski definition) is 2. The summed E-state index contributed by atoms with van der Waals surface area (Å²) in [5.41, 5.74) is 3.61. The molecular formula is C29H31IN8O2. The Morgan fingerprint density at radius 2 is 2.00 bits per heavy atom. The number of allylic oxidation sites excluding steroid dienone is 2. The third-order valence-electron chi connectivity index (χ3n) is 6.54. The van der Waals surface area contributed by atoms with Gasteiger partial charge in [0.15, 0.2) is 5.82 Å². The summed E-state index contributed by atoms with van der Waals surface area (Å²) in [5, 5.41) is 16.1. The molecule has 206 valence electrons. The van der Waals surface area contributed by atoms with Gasteiger partial charge in [-0.15, -0.1) is 0 Å². The molecule has 11 heteroatoms. The molecular weight excluding hydrogens is 619 g/mol. The average Bonchev–Trinajstić information content (AvgIpc) is 3.31. The van der Waals surface area contributed by atoms with Crippen molar-refractivity contribution in [1.82, 2.24) is 29.7 Å². The summed E-state index contributed by atoms with van der Waals surface area (Å²) in [7, 11) is 1.83. The number of fused-ring (bicyclic) bond motifs is 6. The van der Waals surface area contributed by atoms with Crippen LogP contribution in [0.4, 0.5) is 11.6 Å². The van der Waals surface area contributed by atoms with E-state index in [1.54, 1.807) is 29.3 Å². The fourth-order valence-electron chi connectivity index (χ4n) is 4.43. The topological polar surface area (TPSA) is 124 Å². The molecule has 2 N–H and O–H groups in total. The van der Waals surface area contributed by atoms with Crippen LogP contribution in [0.15, 0.2) is 61.3 Å². The fourth-order valence-corrected chi connectivity index (χ4v) is 4.94. The first-order chi connectivity index (χ1) is 19.5. The van der Waals surface area contributed by atoms with Gasteiger partial charge in [-0.3, -0.25) is 10.4 Å². The molecule has 1 aliphatic heterocycles. The second-order valence-corrected chi connectivity index (χ2v) is 10.6. The van der Waals surface area contributed by atoms with Crippen LogP contribution in [0.2, 0.25) is 0 Å². The summed E-state index contributed by atoms with van der Waals surface area (Å²) in [4.78, 5) is 17.8. The van der Waals surface area contributed by atoms with E-state index in [4.69, 9.17) is 14.9 Å². The largest absolute Gasteiger partial charge is 0.490 e. The van der Waals surface area contributed by atoms with E-state index in [-0.39, 0.29) is 6.10 Å². The van der Waals surface area contributed by atoms with Crippen molar-refractivity contribution in [3.8, 4) is 23.0 Å². The van der Waals surface area contributed by atoms with Crippen molar-refractivity contribution in [2.45, 2.75) is 45.1 Å². The Labute approximate surface area is 246 Å². The zero-order valence-electron chi connectivity index (χ0n) is 22.5. The molecule has 5 rings (SSSR count). The molecule has 0 saturated heterocycles. The van der Waals surface area contributed by atoms with Crippen molar-refractivity contribution < 1.29 is 9.47 Å². The van der Waals surface area contributed by atoms with Gasteiger partial charge >= 0.3 is 0 Å². The molecule has 4 bridgehead atoms. The Bertz CT molecular complexity index is 1510. The number of aromatic nitrogens is 6. The standard InChI is InChI=1S/C29H31IN8O2/c1-19-11-15-39-29-23(18-35-38(29)2)28-33-14-10-25(37-28)36-26-16-24(40-19)22(17-34-26)21(27(30)31)7-5-3-4-6-20-8-12-32-13-9-20/h7-10,12-14,16-19,31H,3-6,11,15H2,1-2H3,(H,33,34,36,37)/b21-7-,31-27?/t19-/m0/s1. The van der Waals surface area contributed by atoms with Crippen molar-refractivity contribution >= 4 is 43.5 Å². The lowest BCUT2D eigenvalue weighted by Crippen LogP contribution is -2.18. The predicted octanol–water partition coefficient (Wildman–Crippen LogP) is 6.17. The van der Waals surface area contributed by atoms with Crippen molar-refractivity contribution in [2.75, 3.05) is 11.9 Å². The van der Waals surface area contributed by atoms with Crippen LogP contribution < -0.4 is 14.8 Å². The van der Waals surface area contributed by atoms with E-state index in [1.807, 2.05) is 32.4 Å². The zero-order valence-corrected chi connectivity index (χ0v) is 24.6. The van der Waals surface area contributed by atoms with E-state index in [2.05, 4.69) is 71.2 Å². The number of ether oxygens (including phenoxy) is 2. The number of nitrogens with zero attached hydrogens (tertiary/aromatic N) is 6. The van der Waals surface area contributed by atoms with Gasteiger partial charge in [0.25, 0.3) is 0 Å². The molecule has 1 atom stereocenters. The highest BCUT2D eigenvalue weighted by atomic mass is 127. The molecule has 1 aliphatic rings. The number of nitrogens with one attached hydrogen (secondary N) is 2. The van der Waals surface area contributed by atoms with E-state index in [9.17, 15) is 0 Å². The van der Waals surface area contributed by atoms with E-state index in [0.717, 1.165) is 42.4 Å². The third kappa shape index (κ3) is 6.82. The first kappa shape index (κ1) is 27.7. The van der Waals surface area contributed by atoms with Crippen LogP contribution in [-0.2, 0) is 13.5 Å². The minimum absolute atomic E-state index is 0.146. The molecule has 0 aliphatic carbocycles. The van der Waals surface area contributed by atoms with E-state index in [1.165, 1.54) is 5.56 Å². The van der Waals surface area contributed by atoms with Gasteiger partial charge < -0.3 is 14.8 Å². The van der Waals surface area contributed by atoms with Crippen LogP contribution in [0.3, 0.4) is 0 Å². The van der Waals surface area contributed by atoms with Crippen molar-refractivity contribution in [2.24, 2.45) is 7.05 Å². The highest BCUT2D eigenvalue weighted by Crippen LogP contribution is 2.33. The Balaban J connectivity index is 1.40. The number of aryl methyl sites for hydroxylation is 2. The van der Waals surface area contributed by atoms with E-state index < -0.39 is 0 Å². The van der Waals surface area contributed by atoms with Gasteiger partial charge in [-0.05, 0) is 79.0 Å². The van der Waals surface area contributed by atoms with E-state index >= 15 is 0 Å². The van der Waals surface area contributed by atoms with Crippen LogP contribution in [0.5, 0.6) is 11.6 Å². The molecule has 4 aromatic rings. The van der Waals surface area contributed by atoms with Gasteiger partial charge in [0, 0.05) is 55.5 Å². The summed E-state index contributed by atoms with van der Waals surface area (Å²) in [5.74, 6) is 2.95. The van der Waals surface area contributed by atoms with Crippen molar-refractivity contribution in [3.05, 3.63) is 72.5 Å². The molecule has 10 nitrogen and oxygen atoms in total. The zero-order chi connectivity index (χ0) is 27.9. The highest BCUT2D eigenvalue weighted by molar-refractivity contribution is 14.1. The van der Waals surface area contributed by atoms with Crippen molar-refractivity contribution in [3.63, 3.8) is 0 Å². The maximum absolute atomic E-state index is 8.50. The molecule has 0 aromatic carbocycles. The summed E-state index contributed by atoms with van der Waals surface area (Å²) < 4.78 is 14.7. The first-order valence-corrected chi connectivity index (χ1v) is 14.3. The van der Waals surface area contributed by atoms with Crippen LogP contribution >= 0.6 is 22.6 Å². The second-order valence-electron chi connectivity index (χ2n) is 9.54. The number of pyridine rings is 2. The van der Waals surface area contributed by atoms with Gasteiger partial charge in [-0.1, -0.05) is 6.08 Å². The maximum atomic E-state index is 8.50. The molecule has 5 heterocycles. The van der Waals surface area contributed by atoms with Gasteiger partial charge in [-0.25, -0.2) is 19.6 Å². The van der Waals surface area contributed by atoms with Crippen LogP contribution in [-0.4, -0.2) is 46.1 Å². The Morgan fingerprint density at radius 1 is 1.15 bits per heavy atom. The SMILES string of the molecule is C[C@H]1CCOc2c(cnn2C)-c2nccc(n2)Nc2cc(c(/C(=C/CCCCc3ccncc3)C(=N)I)cn2)O1. The number of unbranched alkanes of at least 4 members (excludes halogenated alkanes) is 2. The second kappa shape index (κ2) is 13.0.